The topological polar surface area (TPSA) is 53.3 Å². The number of hydrogen-bond acceptors (Lipinski definition) is 5. The zero-order valence-electron chi connectivity index (χ0n) is 11.7. The maximum absolute atomic E-state index is 12.0. The van der Waals surface area contributed by atoms with E-state index in [1.807, 2.05) is 23.6 Å². The fourth-order valence-electron chi connectivity index (χ4n) is 2.85. The van der Waals surface area contributed by atoms with E-state index in [0.717, 1.165) is 36.4 Å². The maximum atomic E-state index is 12.0. The maximum Gasteiger partial charge on any atom is 0.351 e. The quantitative estimate of drug-likeness (QED) is 0.805. The minimum atomic E-state index is -0.527. The summed E-state index contributed by atoms with van der Waals surface area (Å²) >= 11 is 1.56. The molecule has 21 heavy (non-hydrogen) atoms. The molecule has 3 rings (SSSR count). The predicted molar refractivity (Wildman–Crippen MR) is 81.3 cm³/mol. The van der Waals surface area contributed by atoms with Crippen molar-refractivity contribution in [3.8, 4) is 6.07 Å². The highest BCUT2D eigenvalue weighted by Gasteiger charge is 2.39. The van der Waals surface area contributed by atoms with Gasteiger partial charge in [0, 0.05) is 23.5 Å². The SMILES string of the molecule is C=C(c1cccs1)C1OC(=O)C(C#N)=C1N1CCCCC1. The number of thiophene rings is 1. The van der Waals surface area contributed by atoms with Crippen molar-refractivity contribution in [2.24, 2.45) is 0 Å². The molecule has 0 radical (unpaired) electrons. The molecule has 1 unspecified atom stereocenters. The minimum Gasteiger partial charge on any atom is -0.447 e. The van der Waals surface area contributed by atoms with Crippen molar-refractivity contribution < 1.29 is 9.53 Å². The predicted octanol–water partition coefficient (Wildman–Crippen LogP) is 2.95. The molecule has 0 bridgehead atoms. The first-order valence-electron chi connectivity index (χ1n) is 7.05. The van der Waals surface area contributed by atoms with Crippen molar-refractivity contribution in [2.75, 3.05) is 13.1 Å². The van der Waals surface area contributed by atoms with Gasteiger partial charge in [-0.1, -0.05) is 12.6 Å². The van der Waals surface area contributed by atoms with Gasteiger partial charge >= 0.3 is 5.97 Å². The molecular formula is C16H16N2O2S. The van der Waals surface area contributed by atoms with Crippen LogP contribution in [0, 0.1) is 11.3 Å². The number of hydrogen-bond donors (Lipinski definition) is 0. The van der Waals surface area contributed by atoms with Crippen LogP contribution in [-0.2, 0) is 9.53 Å². The lowest BCUT2D eigenvalue weighted by Crippen LogP contribution is -2.34. The molecule has 2 aliphatic rings. The summed E-state index contributed by atoms with van der Waals surface area (Å²) in [6, 6.07) is 5.92. The molecule has 1 fully saturated rings. The van der Waals surface area contributed by atoms with Crippen LogP contribution in [0.5, 0.6) is 0 Å². The summed E-state index contributed by atoms with van der Waals surface area (Å²) in [7, 11) is 0. The summed E-state index contributed by atoms with van der Waals surface area (Å²) in [5.74, 6) is -0.527. The first-order chi connectivity index (χ1) is 10.2. The largest absolute Gasteiger partial charge is 0.447 e. The number of ether oxygens (including phenoxy) is 1. The van der Waals surface area contributed by atoms with Crippen LogP contribution in [0.2, 0.25) is 0 Å². The Labute approximate surface area is 127 Å². The minimum absolute atomic E-state index is 0.139. The van der Waals surface area contributed by atoms with E-state index in [4.69, 9.17) is 4.74 Å². The van der Waals surface area contributed by atoms with Crippen molar-refractivity contribution in [3.63, 3.8) is 0 Å². The fourth-order valence-corrected chi connectivity index (χ4v) is 3.57. The summed E-state index contributed by atoms with van der Waals surface area (Å²) in [6.07, 6.45) is 2.82. The van der Waals surface area contributed by atoms with Crippen LogP contribution in [0.25, 0.3) is 5.57 Å². The number of carbonyl (C=O) groups is 1. The van der Waals surface area contributed by atoms with Crippen LogP contribution in [0.15, 0.2) is 35.4 Å². The molecular weight excluding hydrogens is 284 g/mol. The van der Waals surface area contributed by atoms with Gasteiger partial charge in [0.2, 0.25) is 0 Å². The van der Waals surface area contributed by atoms with Crippen LogP contribution in [0.1, 0.15) is 24.1 Å². The first-order valence-corrected chi connectivity index (χ1v) is 7.93. The molecule has 4 nitrogen and oxygen atoms in total. The fraction of sp³-hybridized carbons (Fsp3) is 0.375. The van der Waals surface area contributed by atoms with Crippen molar-refractivity contribution in [1.82, 2.24) is 4.90 Å². The Morgan fingerprint density at radius 3 is 2.81 bits per heavy atom. The van der Waals surface area contributed by atoms with Crippen molar-refractivity contribution in [3.05, 3.63) is 40.2 Å². The van der Waals surface area contributed by atoms with Crippen LogP contribution in [0.4, 0.5) is 0 Å². The van der Waals surface area contributed by atoms with E-state index >= 15 is 0 Å². The van der Waals surface area contributed by atoms with Gasteiger partial charge in [-0.05, 0) is 30.7 Å². The van der Waals surface area contributed by atoms with Gasteiger partial charge in [-0.15, -0.1) is 11.3 Å². The lowest BCUT2D eigenvalue weighted by atomic mass is 10.0. The van der Waals surface area contributed by atoms with Crippen LogP contribution >= 0.6 is 11.3 Å². The lowest BCUT2D eigenvalue weighted by molar-refractivity contribution is -0.137. The van der Waals surface area contributed by atoms with Gasteiger partial charge in [0.25, 0.3) is 0 Å². The van der Waals surface area contributed by atoms with E-state index in [-0.39, 0.29) is 5.57 Å². The molecule has 3 heterocycles. The van der Waals surface area contributed by atoms with E-state index in [1.165, 1.54) is 6.42 Å². The zero-order chi connectivity index (χ0) is 14.8. The summed E-state index contributed by atoms with van der Waals surface area (Å²) < 4.78 is 5.45. The number of likely N-dealkylation sites (tertiary alicyclic amines) is 1. The molecule has 2 aliphatic heterocycles. The van der Waals surface area contributed by atoms with Gasteiger partial charge in [-0.3, -0.25) is 0 Å². The Bertz CT molecular complexity index is 634. The Morgan fingerprint density at radius 1 is 1.43 bits per heavy atom. The van der Waals surface area contributed by atoms with Gasteiger partial charge in [-0.25, -0.2) is 4.79 Å². The van der Waals surface area contributed by atoms with Gasteiger partial charge in [0.15, 0.2) is 11.7 Å². The summed E-state index contributed by atoms with van der Waals surface area (Å²) in [5, 5.41) is 11.3. The van der Waals surface area contributed by atoms with E-state index in [1.54, 1.807) is 11.3 Å². The van der Waals surface area contributed by atoms with Crippen LogP contribution in [-0.4, -0.2) is 30.1 Å². The van der Waals surface area contributed by atoms with Gasteiger partial charge in [0.1, 0.15) is 6.07 Å². The molecule has 0 aromatic carbocycles. The molecule has 0 aliphatic carbocycles. The summed E-state index contributed by atoms with van der Waals surface area (Å²) in [5.41, 5.74) is 1.60. The Morgan fingerprint density at radius 2 is 2.19 bits per heavy atom. The second-order valence-corrected chi connectivity index (χ2v) is 6.16. The van der Waals surface area contributed by atoms with Crippen LogP contribution in [0.3, 0.4) is 0 Å². The average molecular weight is 300 g/mol. The third kappa shape index (κ3) is 2.47. The molecule has 5 heteroatoms. The second-order valence-electron chi connectivity index (χ2n) is 5.21. The molecule has 108 valence electrons. The van der Waals surface area contributed by atoms with Crippen molar-refractivity contribution in [1.29, 1.82) is 5.26 Å². The Hall–Kier alpha value is -2.06. The Balaban J connectivity index is 1.96. The first kappa shape index (κ1) is 13.9. The smallest absolute Gasteiger partial charge is 0.351 e. The monoisotopic (exact) mass is 300 g/mol. The standard InChI is InChI=1S/C16H16N2O2S/c1-11(13-6-5-9-21-13)15-14(12(10-17)16(19)20-15)18-7-3-2-4-8-18/h5-6,9,15H,1-4,7-8H2. The number of nitriles is 1. The van der Waals surface area contributed by atoms with Gasteiger partial charge in [-0.2, -0.15) is 5.26 Å². The highest BCUT2D eigenvalue weighted by molar-refractivity contribution is 7.11. The van der Waals surface area contributed by atoms with Crippen LogP contribution < -0.4 is 0 Å². The van der Waals surface area contributed by atoms with Gasteiger partial charge in [0.05, 0.1) is 5.70 Å². The Kier molecular flexibility index (Phi) is 3.80. The van der Waals surface area contributed by atoms with Crippen molar-refractivity contribution in [2.45, 2.75) is 25.4 Å². The number of carbonyl (C=O) groups excluding carboxylic acids is 1. The lowest BCUT2D eigenvalue weighted by Gasteiger charge is -2.32. The van der Waals surface area contributed by atoms with E-state index in [9.17, 15) is 10.1 Å². The molecule has 1 saturated heterocycles. The van der Waals surface area contributed by atoms with Crippen molar-refractivity contribution >= 4 is 22.9 Å². The molecule has 0 saturated carbocycles. The number of cyclic esters (lactones) is 1. The third-order valence-electron chi connectivity index (χ3n) is 3.90. The summed E-state index contributed by atoms with van der Waals surface area (Å²) in [4.78, 5) is 15.1. The zero-order valence-corrected chi connectivity index (χ0v) is 12.5. The molecule has 1 aromatic heterocycles. The molecule has 1 aromatic rings. The molecule has 0 spiro atoms. The van der Waals surface area contributed by atoms with E-state index < -0.39 is 12.1 Å². The highest BCUT2D eigenvalue weighted by atomic mass is 32.1. The molecule has 0 amide bonds. The van der Waals surface area contributed by atoms with E-state index in [2.05, 4.69) is 11.5 Å². The second kappa shape index (κ2) is 5.74. The highest BCUT2D eigenvalue weighted by Crippen LogP contribution is 2.36. The molecule has 0 N–H and O–H groups in total. The number of esters is 1. The number of rotatable bonds is 3. The third-order valence-corrected chi connectivity index (χ3v) is 4.84. The number of nitrogens with zero attached hydrogens (tertiary/aromatic N) is 2. The molecule has 1 atom stereocenters. The normalized spacial score (nSPS) is 22.1. The van der Waals surface area contributed by atoms with E-state index in [0.29, 0.717) is 5.70 Å². The summed E-state index contributed by atoms with van der Waals surface area (Å²) in [6.45, 7) is 5.82. The van der Waals surface area contributed by atoms with Gasteiger partial charge < -0.3 is 9.64 Å². The number of piperidine rings is 1. The average Bonchev–Trinajstić information content (AvgIpc) is 3.14.